The molecule has 0 aliphatic rings. The van der Waals surface area contributed by atoms with Crippen LogP contribution in [0.5, 0.6) is 0 Å². The molecule has 0 atom stereocenters. The number of hydrogen-bond donors (Lipinski definition) is 1. The topological polar surface area (TPSA) is 60.2 Å². The molecular formula is C10H14FNO2S2. The maximum Gasteiger partial charge on any atom is 0.150 e. The maximum absolute atomic E-state index is 12.7. The average molecular weight is 263 g/mol. The Kier molecular flexibility index (Phi) is 4.61. The zero-order chi connectivity index (χ0) is 12.2. The Morgan fingerprint density at radius 2 is 2.12 bits per heavy atom. The molecule has 0 radical (unpaired) electrons. The quantitative estimate of drug-likeness (QED) is 0.651. The zero-order valence-corrected chi connectivity index (χ0v) is 10.6. The lowest BCUT2D eigenvalue weighted by Crippen LogP contribution is -2.10. The van der Waals surface area contributed by atoms with E-state index in [1.807, 2.05) is 0 Å². The van der Waals surface area contributed by atoms with E-state index in [4.69, 9.17) is 5.73 Å². The Bertz CT molecular complexity index is 460. The molecule has 0 amide bonds. The summed E-state index contributed by atoms with van der Waals surface area (Å²) in [4.78, 5) is 0.715. The maximum atomic E-state index is 12.7. The SMILES string of the molecule is CCS(=O)(=O)CCSc1ccc(F)cc1N. The molecule has 3 nitrogen and oxygen atoms in total. The van der Waals surface area contributed by atoms with Crippen molar-refractivity contribution in [3.05, 3.63) is 24.0 Å². The first-order valence-corrected chi connectivity index (χ1v) is 7.63. The summed E-state index contributed by atoms with van der Waals surface area (Å²) >= 11 is 1.33. The van der Waals surface area contributed by atoms with Gasteiger partial charge in [-0.15, -0.1) is 11.8 Å². The van der Waals surface area contributed by atoms with E-state index in [9.17, 15) is 12.8 Å². The number of rotatable bonds is 5. The van der Waals surface area contributed by atoms with Gasteiger partial charge in [-0.05, 0) is 18.2 Å². The van der Waals surface area contributed by atoms with Gasteiger partial charge in [-0.2, -0.15) is 0 Å². The van der Waals surface area contributed by atoms with Crippen LogP contribution in [0.25, 0.3) is 0 Å². The van der Waals surface area contributed by atoms with Gasteiger partial charge in [0.25, 0.3) is 0 Å². The Hall–Kier alpha value is -0.750. The minimum absolute atomic E-state index is 0.116. The van der Waals surface area contributed by atoms with Crippen molar-refractivity contribution in [2.24, 2.45) is 0 Å². The van der Waals surface area contributed by atoms with Crippen LogP contribution in [0.4, 0.5) is 10.1 Å². The summed E-state index contributed by atoms with van der Waals surface area (Å²) in [5.74, 6) is 0.312. The molecule has 0 heterocycles. The third-order valence-corrected chi connectivity index (χ3v) is 5.12. The smallest absolute Gasteiger partial charge is 0.150 e. The first kappa shape index (κ1) is 13.3. The summed E-state index contributed by atoms with van der Waals surface area (Å²) < 4.78 is 35.2. The molecule has 0 saturated carbocycles. The summed E-state index contributed by atoms with van der Waals surface area (Å²) in [6.45, 7) is 1.62. The number of hydrogen-bond acceptors (Lipinski definition) is 4. The lowest BCUT2D eigenvalue weighted by atomic mass is 10.3. The molecule has 6 heteroatoms. The number of thioether (sulfide) groups is 1. The minimum atomic E-state index is -2.95. The highest BCUT2D eigenvalue weighted by Gasteiger charge is 2.08. The lowest BCUT2D eigenvalue weighted by molar-refractivity contribution is 0.598. The Balaban J connectivity index is 2.56. The molecule has 0 fully saturated rings. The Morgan fingerprint density at radius 1 is 1.44 bits per heavy atom. The van der Waals surface area contributed by atoms with Crippen molar-refractivity contribution in [3.63, 3.8) is 0 Å². The number of nitrogens with two attached hydrogens (primary N) is 1. The van der Waals surface area contributed by atoms with E-state index in [-0.39, 0.29) is 17.3 Å². The van der Waals surface area contributed by atoms with Crippen molar-refractivity contribution < 1.29 is 12.8 Å². The molecule has 0 spiro atoms. The van der Waals surface area contributed by atoms with Crippen LogP contribution in [0.15, 0.2) is 23.1 Å². The third-order valence-electron chi connectivity index (χ3n) is 2.06. The van der Waals surface area contributed by atoms with Gasteiger partial charge in [0.15, 0.2) is 9.84 Å². The van der Waals surface area contributed by atoms with Crippen molar-refractivity contribution in [2.45, 2.75) is 11.8 Å². The van der Waals surface area contributed by atoms with Crippen molar-refractivity contribution in [1.29, 1.82) is 0 Å². The van der Waals surface area contributed by atoms with Crippen LogP contribution in [0.3, 0.4) is 0 Å². The molecule has 0 unspecified atom stereocenters. The molecule has 90 valence electrons. The van der Waals surface area contributed by atoms with Gasteiger partial charge in [0.05, 0.1) is 5.75 Å². The van der Waals surface area contributed by atoms with Crippen LogP contribution in [0, 0.1) is 5.82 Å². The molecule has 1 rings (SSSR count). The molecule has 0 aromatic heterocycles. The molecule has 1 aromatic carbocycles. The number of sulfone groups is 1. The Labute approximate surface area is 99.1 Å². The average Bonchev–Trinajstić information content (AvgIpc) is 2.21. The number of benzene rings is 1. The van der Waals surface area contributed by atoms with Crippen molar-refractivity contribution in [1.82, 2.24) is 0 Å². The minimum Gasteiger partial charge on any atom is -0.398 e. The predicted molar refractivity (Wildman–Crippen MR) is 65.9 cm³/mol. The van der Waals surface area contributed by atoms with Gasteiger partial charge in [-0.1, -0.05) is 6.92 Å². The second-order valence-electron chi connectivity index (χ2n) is 3.27. The first-order valence-electron chi connectivity index (χ1n) is 4.83. The number of halogens is 1. The van der Waals surface area contributed by atoms with Crippen molar-refractivity contribution in [3.8, 4) is 0 Å². The zero-order valence-electron chi connectivity index (χ0n) is 8.94. The molecule has 16 heavy (non-hydrogen) atoms. The second kappa shape index (κ2) is 5.54. The lowest BCUT2D eigenvalue weighted by Gasteiger charge is -2.05. The van der Waals surface area contributed by atoms with Gasteiger partial charge in [0.2, 0.25) is 0 Å². The van der Waals surface area contributed by atoms with Crippen LogP contribution < -0.4 is 5.73 Å². The fourth-order valence-electron chi connectivity index (χ4n) is 1.07. The van der Waals surface area contributed by atoms with Gasteiger partial charge in [0, 0.05) is 22.1 Å². The number of nitrogen functional groups attached to an aromatic ring is 1. The summed E-state index contributed by atoms with van der Waals surface area (Å²) in [5.41, 5.74) is 5.94. The van der Waals surface area contributed by atoms with Crippen LogP contribution in [-0.2, 0) is 9.84 Å². The third kappa shape index (κ3) is 4.02. The van der Waals surface area contributed by atoms with Crippen molar-refractivity contribution in [2.75, 3.05) is 23.0 Å². The second-order valence-corrected chi connectivity index (χ2v) is 6.88. The fraction of sp³-hybridized carbons (Fsp3) is 0.400. The standard InChI is InChI=1S/C10H14FNO2S2/c1-2-16(13,14)6-5-15-10-4-3-8(11)7-9(10)12/h3-4,7H,2,5-6,12H2,1H3. The fourth-order valence-corrected chi connectivity index (χ4v) is 3.32. The predicted octanol–water partition coefficient (Wildman–Crippen LogP) is 1.93. The summed E-state index contributed by atoms with van der Waals surface area (Å²) in [6.07, 6.45) is 0. The first-order chi connectivity index (χ1) is 7.44. The van der Waals surface area contributed by atoms with Gasteiger partial charge in [-0.25, -0.2) is 12.8 Å². The van der Waals surface area contributed by atoms with Crippen molar-refractivity contribution >= 4 is 27.3 Å². The molecule has 0 bridgehead atoms. The van der Waals surface area contributed by atoms with E-state index in [0.29, 0.717) is 16.3 Å². The summed E-state index contributed by atoms with van der Waals surface area (Å²) in [7, 11) is -2.95. The largest absolute Gasteiger partial charge is 0.398 e. The van der Waals surface area contributed by atoms with E-state index in [1.165, 1.54) is 23.9 Å². The molecule has 0 aliphatic heterocycles. The van der Waals surface area contributed by atoms with E-state index in [1.54, 1.807) is 13.0 Å². The molecule has 0 aliphatic carbocycles. The van der Waals surface area contributed by atoms with E-state index in [0.717, 1.165) is 0 Å². The normalized spacial score (nSPS) is 11.6. The highest BCUT2D eigenvalue weighted by molar-refractivity contribution is 8.00. The van der Waals surface area contributed by atoms with Gasteiger partial charge in [-0.3, -0.25) is 0 Å². The number of anilines is 1. The van der Waals surface area contributed by atoms with Crippen LogP contribution >= 0.6 is 11.8 Å². The van der Waals surface area contributed by atoms with Gasteiger partial charge >= 0.3 is 0 Å². The Morgan fingerprint density at radius 3 is 2.69 bits per heavy atom. The highest BCUT2D eigenvalue weighted by atomic mass is 32.2. The van der Waals surface area contributed by atoms with E-state index in [2.05, 4.69) is 0 Å². The van der Waals surface area contributed by atoms with E-state index >= 15 is 0 Å². The summed E-state index contributed by atoms with van der Waals surface area (Å²) in [5, 5.41) is 0. The van der Waals surface area contributed by atoms with Crippen LogP contribution in [-0.4, -0.2) is 25.7 Å². The highest BCUT2D eigenvalue weighted by Crippen LogP contribution is 2.25. The molecular weight excluding hydrogens is 249 g/mol. The van der Waals surface area contributed by atoms with Crippen LogP contribution in [0.2, 0.25) is 0 Å². The van der Waals surface area contributed by atoms with Gasteiger partial charge in [0.1, 0.15) is 5.82 Å². The van der Waals surface area contributed by atoms with Crippen LogP contribution in [0.1, 0.15) is 6.92 Å². The van der Waals surface area contributed by atoms with Gasteiger partial charge < -0.3 is 5.73 Å². The molecule has 2 N–H and O–H groups in total. The summed E-state index contributed by atoms with van der Waals surface area (Å²) in [6, 6.07) is 4.11. The molecule has 1 aromatic rings. The van der Waals surface area contributed by atoms with E-state index < -0.39 is 9.84 Å². The monoisotopic (exact) mass is 263 g/mol. The molecule has 0 saturated heterocycles.